The quantitative estimate of drug-likeness (QED) is 0.315. The minimum absolute atomic E-state index is 0.0568. The van der Waals surface area contributed by atoms with Gasteiger partial charge in [0.15, 0.2) is 11.5 Å². The predicted molar refractivity (Wildman–Crippen MR) is 141 cm³/mol. The lowest BCUT2D eigenvalue weighted by Crippen LogP contribution is -2.23. The molecule has 5 rings (SSSR count). The summed E-state index contributed by atoms with van der Waals surface area (Å²) < 4.78 is 12.1. The summed E-state index contributed by atoms with van der Waals surface area (Å²) in [5.74, 6) is 1.51. The summed E-state index contributed by atoms with van der Waals surface area (Å²) in [5, 5.41) is 9.72. The van der Waals surface area contributed by atoms with E-state index < -0.39 is 0 Å². The van der Waals surface area contributed by atoms with Gasteiger partial charge >= 0.3 is 0 Å². The fraction of sp³-hybridized carbons (Fsp3) is 0.267. The molecule has 0 bridgehead atoms. The van der Waals surface area contributed by atoms with Crippen molar-refractivity contribution in [1.82, 2.24) is 0 Å². The van der Waals surface area contributed by atoms with Gasteiger partial charge < -0.3 is 20.1 Å². The summed E-state index contributed by atoms with van der Waals surface area (Å²) in [5.41, 5.74) is 5.96. The number of rotatable bonds is 6. The van der Waals surface area contributed by atoms with Crippen molar-refractivity contribution in [3.8, 4) is 11.5 Å². The zero-order chi connectivity index (χ0) is 23.7. The fourth-order valence-electron chi connectivity index (χ4n) is 4.45. The highest BCUT2D eigenvalue weighted by molar-refractivity contribution is 6.04. The van der Waals surface area contributed by atoms with Gasteiger partial charge in [0.25, 0.3) is 0 Å². The van der Waals surface area contributed by atoms with Crippen LogP contribution in [0.25, 0.3) is 10.8 Å². The minimum atomic E-state index is -0.0568. The Bertz CT molecular complexity index is 1270. The van der Waals surface area contributed by atoms with Crippen LogP contribution in [0.15, 0.2) is 78.9 Å². The first-order chi connectivity index (χ1) is 16.4. The van der Waals surface area contributed by atoms with Gasteiger partial charge in [-0.1, -0.05) is 75.4 Å². The summed E-state index contributed by atoms with van der Waals surface area (Å²) in [6.45, 7) is 9.75. The molecular formula is C30H32N2O2. The molecule has 1 heterocycles. The van der Waals surface area contributed by atoms with Crippen LogP contribution in [-0.2, 0) is 12.0 Å². The van der Waals surface area contributed by atoms with Crippen LogP contribution in [0.3, 0.4) is 0 Å². The molecule has 174 valence electrons. The Morgan fingerprint density at radius 1 is 0.765 bits per heavy atom. The van der Waals surface area contributed by atoms with E-state index in [1.807, 2.05) is 13.0 Å². The molecule has 0 saturated heterocycles. The molecule has 0 aromatic heterocycles. The zero-order valence-corrected chi connectivity index (χ0v) is 20.3. The van der Waals surface area contributed by atoms with Gasteiger partial charge in [0.2, 0.25) is 0 Å². The van der Waals surface area contributed by atoms with Gasteiger partial charge in [0, 0.05) is 16.8 Å². The van der Waals surface area contributed by atoms with Crippen molar-refractivity contribution in [2.24, 2.45) is 0 Å². The van der Waals surface area contributed by atoms with Crippen LogP contribution < -0.4 is 20.1 Å². The third-order valence-corrected chi connectivity index (χ3v) is 6.32. The summed E-state index contributed by atoms with van der Waals surface area (Å²) in [7, 11) is 0. The Balaban J connectivity index is 1.35. The molecule has 1 aliphatic heterocycles. The maximum Gasteiger partial charge on any atom is 0.161 e. The first kappa shape index (κ1) is 22.1. The molecule has 0 radical (unpaired) electrons. The third-order valence-electron chi connectivity index (χ3n) is 6.32. The van der Waals surface area contributed by atoms with Gasteiger partial charge in [-0.25, -0.2) is 0 Å². The molecule has 0 spiro atoms. The van der Waals surface area contributed by atoms with Crippen LogP contribution in [-0.4, -0.2) is 6.61 Å². The normalized spacial score (nSPS) is 13.3. The molecule has 0 saturated carbocycles. The smallest absolute Gasteiger partial charge is 0.161 e. The number of anilines is 2. The molecule has 4 aromatic rings. The third kappa shape index (κ3) is 4.41. The Morgan fingerprint density at radius 2 is 1.44 bits per heavy atom. The fourth-order valence-corrected chi connectivity index (χ4v) is 4.45. The number of nitrogens with one attached hydrogen (secondary N) is 2. The van der Waals surface area contributed by atoms with E-state index in [0.717, 1.165) is 34.0 Å². The zero-order valence-electron chi connectivity index (χ0n) is 20.3. The average molecular weight is 453 g/mol. The molecule has 0 atom stereocenters. The molecule has 0 amide bonds. The molecule has 4 aromatic carbocycles. The van der Waals surface area contributed by atoms with E-state index in [1.54, 1.807) is 0 Å². The minimum Gasteiger partial charge on any atom is -0.490 e. The van der Waals surface area contributed by atoms with Gasteiger partial charge in [-0.15, -0.1) is 0 Å². The van der Waals surface area contributed by atoms with Crippen LogP contribution >= 0.6 is 0 Å². The van der Waals surface area contributed by atoms with E-state index in [9.17, 15) is 0 Å². The maximum absolute atomic E-state index is 6.18. The van der Waals surface area contributed by atoms with E-state index >= 15 is 0 Å². The number of hydrogen-bond acceptors (Lipinski definition) is 4. The number of ether oxygens (including phenoxy) is 2. The van der Waals surface area contributed by atoms with Crippen LogP contribution in [0.4, 0.5) is 11.4 Å². The lowest BCUT2D eigenvalue weighted by molar-refractivity contribution is 0.269. The van der Waals surface area contributed by atoms with Crippen LogP contribution in [0.2, 0.25) is 0 Å². The molecule has 4 nitrogen and oxygen atoms in total. The highest BCUT2D eigenvalue weighted by Crippen LogP contribution is 2.40. The maximum atomic E-state index is 6.18. The SMILES string of the molecule is CCOc1cc(C2Nc3cccc4cccc(c34)N2)ccc1OCc1ccc(C(C)(C)C)cc1. The van der Waals surface area contributed by atoms with Crippen molar-refractivity contribution < 1.29 is 9.47 Å². The van der Waals surface area contributed by atoms with Crippen LogP contribution in [0, 0.1) is 0 Å². The van der Waals surface area contributed by atoms with Gasteiger partial charge in [0.05, 0.1) is 6.61 Å². The Labute approximate surface area is 201 Å². The average Bonchev–Trinajstić information content (AvgIpc) is 2.83. The lowest BCUT2D eigenvalue weighted by Gasteiger charge is -2.30. The van der Waals surface area contributed by atoms with Crippen molar-refractivity contribution in [3.63, 3.8) is 0 Å². The van der Waals surface area contributed by atoms with Gasteiger partial charge in [-0.3, -0.25) is 0 Å². The summed E-state index contributed by atoms with van der Waals surface area (Å²) in [6, 6.07) is 27.6. The number of benzene rings is 4. The standard InChI is InChI=1S/C30H32N2O2/c1-5-33-27-18-22(29-31-24-10-6-8-21-9-7-11-25(32-29)28(21)24)14-17-26(27)34-19-20-12-15-23(16-13-20)30(2,3)4/h6-18,29,31-32H,5,19H2,1-4H3. The second-order valence-corrected chi connectivity index (χ2v) is 9.81. The van der Waals surface area contributed by atoms with E-state index in [1.165, 1.54) is 16.3 Å². The Kier molecular flexibility index (Phi) is 5.82. The first-order valence-corrected chi connectivity index (χ1v) is 12.0. The first-order valence-electron chi connectivity index (χ1n) is 12.0. The molecule has 1 aliphatic rings. The van der Waals surface area contributed by atoms with E-state index in [4.69, 9.17) is 9.47 Å². The van der Waals surface area contributed by atoms with Gasteiger partial charge in [-0.05, 0) is 58.7 Å². The molecule has 0 aliphatic carbocycles. The summed E-state index contributed by atoms with van der Waals surface area (Å²) >= 11 is 0. The van der Waals surface area contributed by atoms with Crippen molar-refractivity contribution in [2.45, 2.75) is 45.9 Å². The van der Waals surface area contributed by atoms with Crippen LogP contribution in [0.1, 0.15) is 50.6 Å². The van der Waals surface area contributed by atoms with Crippen LogP contribution in [0.5, 0.6) is 11.5 Å². The summed E-state index contributed by atoms with van der Waals surface area (Å²) in [4.78, 5) is 0. The van der Waals surface area contributed by atoms with Crippen molar-refractivity contribution >= 4 is 22.1 Å². The molecule has 0 unspecified atom stereocenters. The molecule has 2 N–H and O–H groups in total. The molecule has 34 heavy (non-hydrogen) atoms. The van der Waals surface area contributed by atoms with E-state index in [2.05, 4.69) is 104 Å². The molecular weight excluding hydrogens is 420 g/mol. The molecule has 0 fully saturated rings. The lowest BCUT2D eigenvalue weighted by atomic mass is 9.87. The van der Waals surface area contributed by atoms with Crippen molar-refractivity contribution in [3.05, 3.63) is 95.6 Å². The number of hydrogen-bond donors (Lipinski definition) is 2. The summed E-state index contributed by atoms with van der Waals surface area (Å²) in [6.07, 6.45) is -0.0568. The van der Waals surface area contributed by atoms with Gasteiger partial charge in [-0.2, -0.15) is 0 Å². The second kappa shape index (κ2) is 8.94. The molecule has 4 heteroatoms. The highest BCUT2D eigenvalue weighted by atomic mass is 16.5. The topological polar surface area (TPSA) is 42.5 Å². The van der Waals surface area contributed by atoms with Crippen molar-refractivity contribution in [2.75, 3.05) is 17.2 Å². The van der Waals surface area contributed by atoms with E-state index in [0.29, 0.717) is 13.2 Å². The van der Waals surface area contributed by atoms with Crippen molar-refractivity contribution in [1.29, 1.82) is 0 Å². The predicted octanol–water partition coefficient (Wildman–Crippen LogP) is 7.65. The van der Waals surface area contributed by atoms with Gasteiger partial charge in [0.1, 0.15) is 12.8 Å². The largest absolute Gasteiger partial charge is 0.490 e. The Hall–Kier alpha value is -3.66. The second-order valence-electron chi connectivity index (χ2n) is 9.81. The monoisotopic (exact) mass is 452 g/mol. The Morgan fingerprint density at radius 3 is 2.06 bits per heavy atom. The van der Waals surface area contributed by atoms with E-state index in [-0.39, 0.29) is 11.6 Å². The highest BCUT2D eigenvalue weighted by Gasteiger charge is 2.21.